The van der Waals surface area contributed by atoms with E-state index in [1.165, 1.54) is 46.4 Å². The Morgan fingerprint density at radius 1 is 1.10 bits per heavy atom. The fourth-order valence-electron chi connectivity index (χ4n) is 3.36. The van der Waals surface area contributed by atoms with Crippen LogP contribution in [0.5, 0.6) is 0 Å². The first kappa shape index (κ1) is 21.4. The molecule has 0 saturated carbocycles. The van der Waals surface area contributed by atoms with Crippen molar-refractivity contribution in [3.63, 3.8) is 0 Å². The van der Waals surface area contributed by atoms with Crippen molar-refractivity contribution in [2.75, 3.05) is 13.1 Å². The molecule has 6 nitrogen and oxygen atoms in total. The largest absolute Gasteiger partial charge is 0.412 e. The number of aryl methyl sites for hydroxylation is 1. The lowest BCUT2D eigenvalue weighted by Gasteiger charge is -2.25. The Labute approximate surface area is 167 Å². The van der Waals surface area contributed by atoms with Gasteiger partial charge in [-0.25, -0.2) is 8.42 Å². The van der Waals surface area contributed by atoms with Crippen LogP contribution in [0.4, 0.5) is 13.2 Å². The van der Waals surface area contributed by atoms with E-state index in [1.807, 2.05) is 5.32 Å². The summed E-state index contributed by atoms with van der Waals surface area (Å²) < 4.78 is 68.6. The second-order valence-corrected chi connectivity index (χ2v) is 8.93. The van der Waals surface area contributed by atoms with Crippen molar-refractivity contribution in [1.82, 2.24) is 14.2 Å². The Bertz CT molecular complexity index is 966. The summed E-state index contributed by atoms with van der Waals surface area (Å²) in [5.74, 6) is -1.00. The highest BCUT2D eigenvalue weighted by Gasteiger charge is 2.42. The molecule has 1 amide bonds. The number of piperidine rings is 1. The van der Waals surface area contributed by atoms with Crippen molar-refractivity contribution in [2.24, 2.45) is 7.05 Å². The minimum atomic E-state index is -4.70. The van der Waals surface area contributed by atoms with Gasteiger partial charge in [0.1, 0.15) is 10.6 Å². The monoisotopic (exact) mass is 429 g/mol. The van der Waals surface area contributed by atoms with Gasteiger partial charge in [-0.15, -0.1) is 0 Å². The van der Waals surface area contributed by atoms with E-state index < -0.39 is 28.1 Å². The number of nitrogens with zero attached hydrogens (tertiary/aromatic N) is 2. The van der Waals surface area contributed by atoms with Crippen molar-refractivity contribution >= 4 is 15.9 Å². The Hall–Kier alpha value is -2.33. The van der Waals surface area contributed by atoms with Gasteiger partial charge in [-0.2, -0.15) is 17.5 Å². The molecule has 1 atom stereocenters. The van der Waals surface area contributed by atoms with Crippen LogP contribution in [0.3, 0.4) is 0 Å². The van der Waals surface area contributed by atoms with Gasteiger partial charge in [-0.1, -0.05) is 36.8 Å². The number of hydrogen-bond acceptors (Lipinski definition) is 3. The summed E-state index contributed by atoms with van der Waals surface area (Å²) in [7, 11) is -2.37. The van der Waals surface area contributed by atoms with Crippen LogP contribution in [0.15, 0.2) is 47.5 Å². The molecule has 3 rings (SSSR count). The predicted molar refractivity (Wildman–Crippen MR) is 101 cm³/mol. The van der Waals surface area contributed by atoms with Crippen molar-refractivity contribution in [3.05, 3.63) is 53.9 Å². The normalized spacial score (nSPS) is 17.1. The number of carbonyl (C=O) groups is 1. The average molecular weight is 429 g/mol. The standard InChI is InChI=1S/C19H22F3N3O3S/c1-24-13-15(29(27,28)25-10-6-3-7-11-25)12-16(24)18(26)23-17(19(20,21)22)14-8-4-2-5-9-14/h2,4-5,8-9,12-13,17H,3,6-7,10-11H2,1H3,(H,23,26). The number of halogens is 3. The maximum Gasteiger partial charge on any atom is 0.412 e. The molecule has 1 fully saturated rings. The van der Waals surface area contributed by atoms with Gasteiger partial charge in [0, 0.05) is 26.3 Å². The zero-order chi connectivity index (χ0) is 21.2. The van der Waals surface area contributed by atoms with Crippen LogP contribution in [-0.4, -0.2) is 42.5 Å². The zero-order valence-corrected chi connectivity index (χ0v) is 16.6. The van der Waals surface area contributed by atoms with Crippen LogP contribution in [-0.2, 0) is 17.1 Å². The molecular weight excluding hydrogens is 407 g/mol. The van der Waals surface area contributed by atoms with Gasteiger partial charge in [0.2, 0.25) is 10.0 Å². The number of amides is 1. The maximum absolute atomic E-state index is 13.5. The highest BCUT2D eigenvalue weighted by Crippen LogP contribution is 2.33. The zero-order valence-electron chi connectivity index (χ0n) is 15.8. The molecule has 158 valence electrons. The lowest BCUT2D eigenvalue weighted by atomic mass is 10.1. The molecule has 1 N–H and O–H groups in total. The van der Waals surface area contributed by atoms with E-state index in [-0.39, 0.29) is 16.2 Å². The van der Waals surface area contributed by atoms with Gasteiger partial charge < -0.3 is 9.88 Å². The molecule has 1 aromatic heterocycles. The fraction of sp³-hybridized carbons (Fsp3) is 0.421. The Morgan fingerprint density at radius 2 is 1.72 bits per heavy atom. The Balaban J connectivity index is 1.86. The lowest BCUT2D eigenvalue weighted by molar-refractivity contribution is -0.155. The van der Waals surface area contributed by atoms with Crippen LogP contribution in [0.2, 0.25) is 0 Å². The number of sulfonamides is 1. The molecule has 1 aliphatic rings. The summed E-state index contributed by atoms with van der Waals surface area (Å²) in [4.78, 5) is 12.5. The van der Waals surface area contributed by atoms with E-state index in [0.29, 0.717) is 13.1 Å². The van der Waals surface area contributed by atoms with E-state index >= 15 is 0 Å². The summed E-state index contributed by atoms with van der Waals surface area (Å²) in [6, 6.07) is 5.95. The Kier molecular flexibility index (Phi) is 6.04. The van der Waals surface area contributed by atoms with Crippen molar-refractivity contribution in [1.29, 1.82) is 0 Å². The number of rotatable bonds is 5. The molecule has 0 spiro atoms. The van der Waals surface area contributed by atoms with Crippen molar-refractivity contribution in [2.45, 2.75) is 36.4 Å². The number of nitrogens with one attached hydrogen (secondary N) is 1. The summed E-state index contributed by atoms with van der Waals surface area (Å²) in [6.07, 6.45) is -0.991. The Morgan fingerprint density at radius 3 is 2.31 bits per heavy atom. The first-order chi connectivity index (χ1) is 13.6. The van der Waals surface area contributed by atoms with Crippen LogP contribution in [0.25, 0.3) is 0 Å². The molecule has 2 heterocycles. The van der Waals surface area contributed by atoms with Crippen molar-refractivity contribution in [3.8, 4) is 0 Å². The minimum absolute atomic E-state index is 0.102. The fourth-order valence-corrected chi connectivity index (χ4v) is 4.95. The van der Waals surface area contributed by atoms with E-state index in [2.05, 4.69) is 0 Å². The molecule has 1 aliphatic heterocycles. The number of alkyl halides is 3. The van der Waals surface area contributed by atoms with Gasteiger partial charge in [-0.3, -0.25) is 4.79 Å². The van der Waals surface area contributed by atoms with Gasteiger partial charge in [-0.05, 0) is 24.5 Å². The lowest BCUT2D eigenvalue weighted by Crippen LogP contribution is -2.38. The number of carbonyl (C=O) groups excluding carboxylic acids is 1. The second kappa shape index (κ2) is 8.19. The third-order valence-corrected chi connectivity index (χ3v) is 6.76. The van der Waals surface area contributed by atoms with Gasteiger partial charge in [0.15, 0.2) is 6.04 Å². The molecule has 1 saturated heterocycles. The summed E-state index contributed by atoms with van der Waals surface area (Å²) in [5.41, 5.74) is -0.269. The second-order valence-electron chi connectivity index (χ2n) is 7.00. The van der Waals surface area contributed by atoms with Crippen molar-refractivity contribution < 1.29 is 26.4 Å². The topological polar surface area (TPSA) is 71.4 Å². The van der Waals surface area contributed by atoms with Gasteiger partial charge >= 0.3 is 6.18 Å². The third-order valence-electron chi connectivity index (χ3n) is 4.90. The molecule has 0 bridgehead atoms. The number of aromatic nitrogens is 1. The summed E-state index contributed by atoms with van der Waals surface area (Å²) >= 11 is 0. The molecule has 29 heavy (non-hydrogen) atoms. The van der Waals surface area contributed by atoms with Crippen LogP contribution in [0, 0.1) is 0 Å². The van der Waals surface area contributed by atoms with Crippen LogP contribution in [0.1, 0.15) is 41.4 Å². The van der Waals surface area contributed by atoms with Gasteiger partial charge in [0.25, 0.3) is 5.91 Å². The first-order valence-corrected chi connectivity index (χ1v) is 10.6. The molecular formula is C19H22F3N3O3S. The first-order valence-electron chi connectivity index (χ1n) is 9.20. The van der Waals surface area contributed by atoms with E-state index in [1.54, 1.807) is 6.07 Å². The van der Waals surface area contributed by atoms with E-state index in [9.17, 15) is 26.4 Å². The van der Waals surface area contributed by atoms with E-state index in [0.717, 1.165) is 25.3 Å². The van der Waals surface area contributed by atoms with Crippen LogP contribution < -0.4 is 5.32 Å². The predicted octanol–water partition coefficient (Wildman–Crippen LogP) is 3.23. The average Bonchev–Trinajstić information content (AvgIpc) is 3.09. The highest BCUT2D eigenvalue weighted by atomic mass is 32.2. The SMILES string of the molecule is Cn1cc(S(=O)(=O)N2CCCCC2)cc1C(=O)NC(c1ccccc1)C(F)(F)F. The quantitative estimate of drug-likeness (QED) is 0.793. The van der Waals surface area contributed by atoms with E-state index in [4.69, 9.17) is 0 Å². The smallest absolute Gasteiger partial charge is 0.345 e. The third kappa shape index (κ3) is 4.64. The minimum Gasteiger partial charge on any atom is -0.345 e. The molecule has 0 radical (unpaired) electrons. The molecule has 10 heteroatoms. The molecule has 1 aromatic carbocycles. The molecule has 2 aromatic rings. The maximum atomic E-state index is 13.5. The number of hydrogen-bond donors (Lipinski definition) is 1. The number of benzene rings is 1. The summed E-state index contributed by atoms with van der Waals surface area (Å²) in [5, 5.41) is 1.98. The highest BCUT2D eigenvalue weighted by molar-refractivity contribution is 7.89. The van der Waals surface area contributed by atoms with Gasteiger partial charge in [0.05, 0.1) is 0 Å². The van der Waals surface area contributed by atoms with Crippen LogP contribution >= 0.6 is 0 Å². The summed E-state index contributed by atoms with van der Waals surface area (Å²) in [6.45, 7) is 0.784. The molecule has 1 unspecified atom stereocenters. The molecule has 0 aliphatic carbocycles.